The molecule has 6 heteroatoms. The summed E-state index contributed by atoms with van der Waals surface area (Å²) in [7, 11) is 0. The van der Waals surface area contributed by atoms with Crippen LogP contribution in [0, 0.1) is 11.3 Å². The summed E-state index contributed by atoms with van der Waals surface area (Å²) >= 11 is 0. The zero-order valence-electron chi connectivity index (χ0n) is 24.4. The number of rotatable bonds is 4. The minimum atomic E-state index is 0.525. The van der Waals surface area contributed by atoms with Crippen molar-refractivity contribution >= 4 is 43.7 Å². The van der Waals surface area contributed by atoms with Gasteiger partial charge in [-0.1, -0.05) is 103 Å². The van der Waals surface area contributed by atoms with Gasteiger partial charge in [-0.15, -0.1) is 0 Å². The van der Waals surface area contributed by atoms with Gasteiger partial charge in [0, 0.05) is 32.7 Å². The second-order valence-corrected chi connectivity index (χ2v) is 11.2. The summed E-state index contributed by atoms with van der Waals surface area (Å²) < 4.78 is 8.33. The average Bonchev–Trinajstić information content (AvgIpc) is 3.67. The number of para-hydroxylation sites is 2. The maximum absolute atomic E-state index is 9.72. The molecule has 46 heavy (non-hydrogen) atoms. The van der Waals surface area contributed by atoms with Gasteiger partial charge in [-0.2, -0.15) is 15.2 Å². The van der Waals surface area contributed by atoms with Crippen molar-refractivity contribution in [3.8, 4) is 45.9 Å². The van der Waals surface area contributed by atoms with Crippen molar-refractivity contribution in [3.63, 3.8) is 0 Å². The van der Waals surface area contributed by atoms with Crippen LogP contribution >= 0.6 is 0 Å². The first kappa shape index (κ1) is 25.9. The lowest BCUT2D eigenvalue weighted by Crippen LogP contribution is -2.06. The number of benzene rings is 6. The monoisotopic (exact) mass is 589 g/mol. The van der Waals surface area contributed by atoms with E-state index in [9.17, 15) is 5.26 Å². The van der Waals surface area contributed by atoms with Crippen LogP contribution in [-0.4, -0.2) is 19.5 Å². The van der Waals surface area contributed by atoms with E-state index >= 15 is 0 Å². The van der Waals surface area contributed by atoms with Gasteiger partial charge in [-0.3, -0.25) is 4.57 Å². The maximum atomic E-state index is 9.72. The highest BCUT2D eigenvalue weighted by Crippen LogP contribution is 2.35. The minimum Gasteiger partial charge on any atom is -0.456 e. The Morgan fingerprint density at radius 1 is 0.500 bits per heavy atom. The normalized spacial score (nSPS) is 11.5. The van der Waals surface area contributed by atoms with Crippen molar-refractivity contribution in [1.29, 1.82) is 5.26 Å². The fourth-order valence-electron chi connectivity index (χ4n) is 6.36. The summed E-state index contributed by atoms with van der Waals surface area (Å²) in [4.78, 5) is 15.2. The van der Waals surface area contributed by atoms with Crippen LogP contribution in [0.5, 0.6) is 0 Å². The van der Waals surface area contributed by atoms with Crippen LogP contribution in [0.4, 0.5) is 0 Å². The molecule has 0 N–H and O–H groups in total. The Balaban J connectivity index is 1.27. The van der Waals surface area contributed by atoms with Crippen LogP contribution in [0.25, 0.3) is 83.6 Å². The molecule has 0 aliphatic heterocycles. The summed E-state index contributed by atoms with van der Waals surface area (Å²) in [5, 5.41) is 13.7. The van der Waals surface area contributed by atoms with E-state index in [0.717, 1.165) is 54.8 Å². The van der Waals surface area contributed by atoms with Gasteiger partial charge in [0.05, 0.1) is 22.7 Å². The predicted octanol–water partition coefficient (Wildman–Crippen LogP) is 9.74. The fraction of sp³-hybridized carbons (Fsp3) is 0. The summed E-state index contributed by atoms with van der Waals surface area (Å²) in [6.07, 6.45) is 0. The zero-order chi connectivity index (χ0) is 30.6. The molecule has 0 atom stereocenters. The Morgan fingerprint density at radius 3 is 1.83 bits per heavy atom. The Hall–Kier alpha value is -6.58. The molecule has 0 aliphatic carbocycles. The number of nitriles is 1. The van der Waals surface area contributed by atoms with Crippen LogP contribution in [0.1, 0.15) is 5.56 Å². The molecule has 9 rings (SSSR count). The van der Waals surface area contributed by atoms with Gasteiger partial charge in [0.1, 0.15) is 11.2 Å². The third-order valence-corrected chi connectivity index (χ3v) is 8.53. The lowest BCUT2D eigenvalue weighted by molar-refractivity contribution is 0.669. The molecule has 6 nitrogen and oxygen atoms in total. The molecular formula is C40H23N5O. The molecule has 6 aromatic carbocycles. The van der Waals surface area contributed by atoms with Gasteiger partial charge in [0.2, 0.25) is 5.95 Å². The van der Waals surface area contributed by atoms with Crippen LogP contribution < -0.4 is 0 Å². The van der Waals surface area contributed by atoms with Crippen molar-refractivity contribution in [2.75, 3.05) is 0 Å². The van der Waals surface area contributed by atoms with E-state index in [2.05, 4.69) is 83.4 Å². The highest BCUT2D eigenvalue weighted by molar-refractivity contribution is 6.09. The third-order valence-electron chi connectivity index (χ3n) is 8.53. The Bertz CT molecular complexity index is 2590. The SMILES string of the molecule is N#Cc1cccc2oc3cc(-c4nc(-c5ccc(-c6ccccc6)cc5)nc(-n5c6ccccc6c6ccccc65)n4)ccc3c12. The van der Waals surface area contributed by atoms with E-state index < -0.39 is 0 Å². The van der Waals surface area contributed by atoms with Gasteiger partial charge < -0.3 is 4.42 Å². The van der Waals surface area contributed by atoms with E-state index in [-0.39, 0.29) is 0 Å². The van der Waals surface area contributed by atoms with Gasteiger partial charge >= 0.3 is 0 Å². The standard InChI is InChI=1S/C40H23N5O/c41-24-29-11-8-16-35-37(29)32-22-21-28(23-36(32)46-35)39-42-38(27-19-17-26(18-20-27)25-9-2-1-3-10-25)43-40(44-39)45-33-14-6-4-12-30(33)31-13-5-7-15-34(31)45/h1-23H. The van der Waals surface area contributed by atoms with Gasteiger partial charge in [0.25, 0.3) is 0 Å². The average molecular weight is 590 g/mol. The number of aromatic nitrogens is 4. The first-order chi connectivity index (χ1) is 22.7. The number of nitrogens with zero attached hydrogens (tertiary/aromatic N) is 5. The molecule has 214 valence electrons. The molecule has 0 bridgehead atoms. The van der Waals surface area contributed by atoms with Crippen LogP contribution in [0.3, 0.4) is 0 Å². The highest BCUT2D eigenvalue weighted by Gasteiger charge is 2.19. The summed E-state index contributed by atoms with van der Waals surface area (Å²) in [5.41, 5.74) is 7.90. The van der Waals surface area contributed by atoms with Gasteiger partial charge in [-0.25, -0.2) is 4.98 Å². The summed E-state index contributed by atoms with van der Waals surface area (Å²) in [6, 6.07) is 49.0. The molecule has 0 amide bonds. The molecule has 0 saturated heterocycles. The van der Waals surface area contributed by atoms with E-state index in [1.165, 1.54) is 0 Å². The molecule has 0 spiro atoms. The number of hydrogen-bond donors (Lipinski definition) is 0. The van der Waals surface area contributed by atoms with Gasteiger partial charge in [-0.05, 0) is 47.5 Å². The van der Waals surface area contributed by atoms with Crippen molar-refractivity contribution in [1.82, 2.24) is 19.5 Å². The number of furan rings is 1. The maximum Gasteiger partial charge on any atom is 0.238 e. The van der Waals surface area contributed by atoms with E-state index in [4.69, 9.17) is 19.4 Å². The second-order valence-electron chi connectivity index (χ2n) is 11.2. The largest absolute Gasteiger partial charge is 0.456 e. The molecule has 9 aromatic rings. The Morgan fingerprint density at radius 2 is 1.11 bits per heavy atom. The molecule has 0 fully saturated rings. The molecular weight excluding hydrogens is 566 g/mol. The van der Waals surface area contributed by atoms with Gasteiger partial charge in [0.15, 0.2) is 11.6 Å². The topological polar surface area (TPSA) is 80.5 Å². The molecule has 0 saturated carbocycles. The molecule has 0 aliphatic rings. The summed E-state index contributed by atoms with van der Waals surface area (Å²) in [5.74, 6) is 1.62. The third kappa shape index (κ3) is 4.07. The molecule has 0 unspecified atom stereocenters. The lowest BCUT2D eigenvalue weighted by Gasteiger charge is -2.11. The summed E-state index contributed by atoms with van der Waals surface area (Å²) in [6.45, 7) is 0. The first-order valence-electron chi connectivity index (χ1n) is 15.0. The van der Waals surface area contributed by atoms with Crippen molar-refractivity contribution in [2.24, 2.45) is 0 Å². The highest BCUT2D eigenvalue weighted by atomic mass is 16.3. The first-order valence-corrected chi connectivity index (χ1v) is 15.0. The molecule has 3 heterocycles. The van der Waals surface area contributed by atoms with Crippen LogP contribution in [0.2, 0.25) is 0 Å². The van der Waals surface area contributed by atoms with Crippen molar-refractivity contribution in [2.45, 2.75) is 0 Å². The van der Waals surface area contributed by atoms with E-state index in [1.807, 2.05) is 66.7 Å². The number of fused-ring (bicyclic) bond motifs is 6. The predicted molar refractivity (Wildman–Crippen MR) is 182 cm³/mol. The van der Waals surface area contributed by atoms with E-state index in [0.29, 0.717) is 34.3 Å². The van der Waals surface area contributed by atoms with E-state index in [1.54, 1.807) is 0 Å². The number of hydrogen-bond acceptors (Lipinski definition) is 5. The lowest BCUT2D eigenvalue weighted by atomic mass is 10.0. The van der Waals surface area contributed by atoms with Crippen molar-refractivity contribution < 1.29 is 4.42 Å². The minimum absolute atomic E-state index is 0.525. The molecule has 0 radical (unpaired) electrons. The Kier molecular flexibility index (Phi) is 5.77. The van der Waals surface area contributed by atoms with Crippen molar-refractivity contribution in [3.05, 3.63) is 145 Å². The zero-order valence-corrected chi connectivity index (χ0v) is 24.4. The smallest absolute Gasteiger partial charge is 0.238 e. The Labute approximate surface area is 263 Å². The van der Waals surface area contributed by atoms with Crippen LogP contribution in [-0.2, 0) is 0 Å². The quantitative estimate of drug-likeness (QED) is 0.204. The van der Waals surface area contributed by atoms with Crippen LogP contribution in [0.15, 0.2) is 144 Å². The molecule has 3 aromatic heterocycles. The second kappa shape index (κ2) is 10.3. The fourth-order valence-corrected chi connectivity index (χ4v) is 6.36.